The zero-order chi connectivity index (χ0) is 15.1. The maximum Gasteiger partial charge on any atom is 0.315 e. The number of hydrogen-bond donors (Lipinski definition) is 2. The normalized spacial score (nSPS) is 18.2. The Hall–Kier alpha value is -1.55. The summed E-state index contributed by atoms with van der Waals surface area (Å²) in [5.41, 5.74) is 1.12. The first-order chi connectivity index (χ1) is 10.1. The molecule has 116 valence electrons. The molecule has 0 aromatic heterocycles. The summed E-state index contributed by atoms with van der Waals surface area (Å²) in [6.45, 7) is 8.08. The number of hydrogen-bond acceptors (Lipinski definition) is 2. The van der Waals surface area contributed by atoms with Gasteiger partial charge in [-0.25, -0.2) is 4.79 Å². The maximum atomic E-state index is 11.8. The molecule has 1 aromatic rings. The van der Waals surface area contributed by atoms with Crippen molar-refractivity contribution in [3.8, 4) is 0 Å². The van der Waals surface area contributed by atoms with E-state index in [0.29, 0.717) is 19.1 Å². The fourth-order valence-corrected chi connectivity index (χ4v) is 2.68. The summed E-state index contributed by atoms with van der Waals surface area (Å²) in [5, 5.41) is 5.87. The van der Waals surface area contributed by atoms with E-state index < -0.39 is 0 Å². The second-order valence-electron chi connectivity index (χ2n) is 6.12. The highest BCUT2D eigenvalue weighted by Gasteiger charge is 2.20. The molecule has 0 aliphatic carbocycles. The number of piperidine rings is 1. The zero-order valence-electron chi connectivity index (χ0n) is 13.1. The van der Waals surface area contributed by atoms with Crippen molar-refractivity contribution in [3.05, 3.63) is 35.9 Å². The van der Waals surface area contributed by atoms with E-state index in [-0.39, 0.29) is 6.03 Å². The second kappa shape index (κ2) is 8.03. The van der Waals surface area contributed by atoms with Gasteiger partial charge < -0.3 is 10.6 Å². The van der Waals surface area contributed by atoms with Crippen molar-refractivity contribution in [2.75, 3.05) is 19.6 Å². The molecule has 1 heterocycles. The lowest BCUT2D eigenvalue weighted by molar-refractivity contribution is 0.145. The van der Waals surface area contributed by atoms with E-state index >= 15 is 0 Å². The number of nitrogens with one attached hydrogen (secondary N) is 2. The Balaban J connectivity index is 1.64. The quantitative estimate of drug-likeness (QED) is 0.875. The number of likely N-dealkylation sites (tertiary alicyclic amines) is 1. The minimum atomic E-state index is -0.0870. The van der Waals surface area contributed by atoms with Crippen molar-refractivity contribution in [1.82, 2.24) is 15.5 Å². The number of amides is 2. The van der Waals surface area contributed by atoms with E-state index in [1.54, 1.807) is 0 Å². The van der Waals surface area contributed by atoms with Crippen LogP contribution in [-0.2, 0) is 6.54 Å². The van der Waals surface area contributed by atoms with E-state index in [9.17, 15) is 4.79 Å². The molecule has 1 aliphatic rings. The van der Waals surface area contributed by atoms with Crippen LogP contribution in [0.2, 0.25) is 0 Å². The minimum Gasteiger partial charge on any atom is -0.337 e. The van der Waals surface area contributed by atoms with Crippen LogP contribution in [0.3, 0.4) is 0 Å². The van der Waals surface area contributed by atoms with Crippen molar-refractivity contribution in [2.45, 2.75) is 39.3 Å². The number of nitrogens with zero attached hydrogens (tertiary/aromatic N) is 1. The lowest BCUT2D eigenvalue weighted by Gasteiger charge is -2.34. The molecule has 4 nitrogen and oxygen atoms in total. The van der Waals surface area contributed by atoms with E-state index in [2.05, 4.69) is 29.4 Å². The molecule has 1 aromatic carbocycles. The summed E-state index contributed by atoms with van der Waals surface area (Å²) in [7, 11) is 0. The number of urea groups is 1. The molecule has 21 heavy (non-hydrogen) atoms. The predicted octanol–water partition coefficient (Wildman–Crippen LogP) is 2.61. The van der Waals surface area contributed by atoms with Crippen LogP contribution in [0.25, 0.3) is 0 Å². The van der Waals surface area contributed by atoms with Gasteiger partial charge in [0.25, 0.3) is 0 Å². The number of carbonyl (C=O) groups excluding carboxylic acids is 1. The first-order valence-corrected chi connectivity index (χ1v) is 7.95. The van der Waals surface area contributed by atoms with Gasteiger partial charge in [-0.05, 0) is 44.3 Å². The highest BCUT2D eigenvalue weighted by atomic mass is 16.2. The van der Waals surface area contributed by atoms with Crippen LogP contribution < -0.4 is 10.6 Å². The van der Waals surface area contributed by atoms with Gasteiger partial charge in [-0.1, -0.05) is 37.3 Å². The van der Waals surface area contributed by atoms with Crippen LogP contribution >= 0.6 is 0 Å². The van der Waals surface area contributed by atoms with E-state index in [1.165, 1.54) is 12.8 Å². The van der Waals surface area contributed by atoms with Crippen molar-refractivity contribution >= 4 is 6.03 Å². The fourth-order valence-electron chi connectivity index (χ4n) is 2.68. The third kappa shape index (κ3) is 5.38. The third-order valence-corrected chi connectivity index (χ3v) is 4.30. The van der Waals surface area contributed by atoms with Gasteiger partial charge in [-0.3, -0.25) is 4.90 Å². The smallest absolute Gasteiger partial charge is 0.315 e. The van der Waals surface area contributed by atoms with Gasteiger partial charge in [0.15, 0.2) is 0 Å². The molecule has 1 unspecified atom stereocenters. The van der Waals surface area contributed by atoms with E-state index in [4.69, 9.17) is 0 Å². The SMILES string of the molecule is CC1CCN(C(C)CNC(=O)NCc2ccccc2)CC1. The van der Waals surface area contributed by atoms with E-state index in [0.717, 1.165) is 24.6 Å². The van der Waals surface area contributed by atoms with Crippen LogP contribution in [0.15, 0.2) is 30.3 Å². The molecule has 0 saturated carbocycles. The predicted molar refractivity (Wildman–Crippen MR) is 86.1 cm³/mol. The largest absolute Gasteiger partial charge is 0.337 e. The highest BCUT2D eigenvalue weighted by molar-refractivity contribution is 5.73. The molecule has 2 amide bonds. The molecule has 1 saturated heterocycles. The van der Waals surface area contributed by atoms with Gasteiger partial charge in [-0.2, -0.15) is 0 Å². The summed E-state index contributed by atoms with van der Waals surface area (Å²) in [6, 6.07) is 10.3. The molecule has 0 radical (unpaired) electrons. The Kier molecular flexibility index (Phi) is 6.05. The van der Waals surface area contributed by atoms with Crippen LogP contribution in [0.4, 0.5) is 4.79 Å². The monoisotopic (exact) mass is 289 g/mol. The molecule has 2 N–H and O–H groups in total. The topological polar surface area (TPSA) is 44.4 Å². The van der Waals surface area contributed by atoms with Gasteiger partial charge in [0.2, 0.25) is 0 Å². The Bertz CT molecular complexity index is 427. The highest BCUT2D eigenvalue weighted by Crippen LogP contribution is 2.17. The van der Waals surface area contributed by atoms with Gasteiger partial charge in [0, 0.05) is 19.1 Å². The van der Waals surface area contributed by atoms with Gasteiger partial charge in [-0.15, -0.1) is 0 Å². The average Bonchev–Trinajstić information content (AvgIpc) is 2.52. The van der Waals surface area contributed by atoms with Crippen molar-refractivity contribution in [1.29, 1.82) is 0 Å². The first-order valence-electron chi connectivity index (χ1n) is 7.95. The van der Waals surface area contributed by atoms with Gasteiger partial charge in [0.1, 0.15) is 0 Å². The fraction of sp³-hybridized carbons (Fsp3) is 0.588. The molecule has 0 bridgehead atoms. The second-order valence-corrected chi connectivity index (χ2v) is 6.12. The zero-order valence-corrected chi connectivity index (χ0v) is 13.1. The first kappa shape index (κ1) is 15.8. The van der Waals surface area contributed by atoms with Gasteiger partial charge >= 0.3 is 6.03 Å². The Labute approximate surface area is 127 Å². The molecular formula is C17H27N3O. The Morgan fingerprint density at radius 2 is 1.90 bits per heavy atom. The number of rotatable bonds is 5. The van der Waals surface area contributed by atoms with Crippen molar-refractivity contribution in [3.63, 3.8) is 0 Å². The Morgan fingerprint density at radius 1 is 1.24 bits per heavy atom. The number of carbonyl (C=O) groups is 1. The van der Waals surface area contributed by atoms with Crippen LogP contribution in [-0.4, -0.2) is 36.6 Å². The van der Waals surface area contributed by atoms with E-state index in [1.807, 2.05) is 30.3 Å². The number of benzene rings is 1. The maximum absolute atomic E-state index is 11.8. The minimum absolute atomic E-state index is 0.0870. The summed E-state index contributed by atoms with van der Waals surface area (Å²) in [5.74, 6) is 0.843. The summed E-state index contributed by atoms with van der Waals surface area (Å²) < 4.78 is 0. The molecule has 2 rings (SSSR count). The van der Waals surface area contributed by atoms with Crippen LogP contribution in [0.1, 0.15) is 32.3 Å². The lowest BCUT2D eigenvalue weighted by atomic mass is 9.98. The van der Waals surface area contributed by atoms with Crippen molar-refractivity contribution in [2.24, 2.45) is 5.92 Å². The van der Waals surface area contributed by atoms with Crippen molar-refractivity contribution < 1.29 is 4.79 Å². The molecular weight excluding hydrogens is 262 g/mol. The average molecular weight is 289 g/mol. The summed E-state index contributed by atoms with van der Waals surface area (Å²) in [6.07, 6.45) is 2.54. The third-order valence-electron chi connectivity index (χ3n) is 4.30. The summed E-state index contributed by atoms with van der Waals surface area (Å²) in [4.78, 5) is 14.3. The molecule has 1 atom stereocenters. The standard InChI is InChI=1S/C17H27N3O/c1-14-8-10-20(11-9-14)15(2)12-18-17(21)19-13-16-6-4-3-5-7-16/h3-7,14-15H,8-13H2,1-2H3,(H2,18,19,21). The molecule has 1 aliphatic heterocycles. The summed E-state index contributed by atoms with van der Waals surface area (Å²) >= 11 is 0. The lowest BCUT2D eigenvalue weighted by Crippen LogP contribution is -2.47. The van der Waals surface area contributed by atoms with Crippen LogP contribution in [0, 0.1) is 5.92 Å². The molecule has 0 spiro atoms. The van der Waals surface area contributed by atoms with Crippen LogP contribution in [0.5, 0.6) is 0 Å². The van der Waals surface area contributed by atoms with Gasteiger partial charge in [0.05, 0.1) is 0 Å². The molecule has 1 fully saturated rings. The molecule has 4 heteroatoms. The Morgan fingerprint density at radius 3 is 2.57 bits per heavy atom.